The van der Waals surface area contributed by atoms with Crippen molar-refractivity contribution in [3.63, 3.8) is 0 Å². The van der Waals surface area contributed by atoms with E-state index in [1.807, 2.05) is 24.3 Å². The summed E-state index contributed by atoms with van der Waals surface area (Å²) in [6.07, 6.45) is 3.29. The van der Waals surface area contributed by atoms with Crippen molar-refractivity contribution in [1.82, 2.24) is 19.7 Å². The van der Waals surface area contributed by atoms with E-state index in [2.05, 4.69) is 15.1 Å². The van der Waals surface area contributed by atoms with Crippen LogP contribution in [0.3, 0.4) is 0 Å². The van der Waals surface area contributed by atoms with Crippen molar-refractivity contribution in [2.24, 2.45) is 0 Å². The van der Waals surface area contributed by atoms with Crippen LogP contribution in [0, 0.1) is 5.82 Å². The molecule has 0 radical (unpaired) electrons. The van der Waals surface area contributed by atoms with Crippen LogP contribution in [0.4, 0.5) is 4.39 Å². The van der Waals surface area contributed by atoms with Crippen molar-refractivity contribution in [2.45, 2.75) is 10.8 Å². The monoisotopic (exact) mass is 370 g/mol. The molecule has 0 aliphatic rings. The average molecular weight is 371 g/mol. The second-order valence-electron chi connectivity index (χ2n) is 5.36. The first-order valence-electron chi connectivity index (χ1n) is 7.52. The molecule has 25 heavy (non-hydrogen) atoms. The van der Waals surface area contributed by atoms with E-state index in [0.717, 1.165) is 27.3 Å². The molecule has 0 aliphatic carbocycles. The van der Waals surface area contributed by atoms with Gasteiger partial charge >= 0.3 is 0 Å². The predicted molar refractivity (Wildman–Crippen MR) is 97.6 cm³/mol. The van der Waals surface area contributed by atoms with E-state index in [4.69, 9.17) is 11.6 Å². The molecule has 0 aliphatic heterocycles. The Kier molecular flexibility index (Phi) is 4.38. The number of hydrogen-bond donors (Lipinski definition) is 0. The van der Waals surface area contributed by atoms with Crippen molar-refractivity contribution in [1.29, 1.82) is 0 Å². The molecule has 0 unspecified atom stereocenters. The maximum absolute atomic E-state index is 13.0. The highest BCUT2D eigenvalue weighted by atomic mass is 35.5. The minimum atomic E-state index is -0.234. The summed E-state index contributed by atoms with van der Waals surface area (Å²) in [6.45, 7) is 0. The minimum absolute atomic E-state index is 0.234. The topological polar surface area (TPSA) is 43.6 Å². The van der Waals surface area contributed by atoms with Gasteiger partial charge in [-0.1, -0.05) is 23.7 Å². The minimum Gasteiger partial charge on any atom is -0.229 e. The van der Waals surface area contributed by atoms with Gasteiger partial charge in [0.05, 0.1) is 17.3 Å². The van der Waals surface area contributed by atoms with Crippen molar-refractivity contribution in [3.8, 4) is 5.69 Å². The molecule has 0 atom stereocenters. The lowest BCUT2D eigenvalue weighted by molar-refractivity contribution is 0.627. The highest BCUT2D eigenvalue weighted by molar-refractivity contribution is 7.98. The number of fused-ring (bicyclic) bond motifs is 1. The molecule has 0 amide bonds. The van der Waals surface area contributed by atoms with E-state index in [1.54, 1.807) is 34.8 Å². The molecule has 124 valence electrons. The van der Waals surface area contributed by atoms with Crippen molar-refractivity contribution in [3.05, 3.63) is 77.5 Å². The lowest BCUT2D eigenvalue weighted by Gasteiger charge is -2.05. The van der Waals surface area contributed by atoms with E-state index in [-0.39, 0.29) is 5.82 Å². The van der Waals surface area contributed by atoms with Gasteiger partial charge in [0, 0.05) is 10.8 Å². The van der Waals surface area contributed by atoms with Crippen LogP contribution in [-0.2, 0) is 5.75 Å². The molecule has 0 saturated heterocycles. The summed E-state index contributed by atoms with van der Waals surface area (Å²) in [7, 11) is 0. The van der Waals surface area contributed by atoms with Crippen LogP contribution in [0.25, 0.3) is 16.7 Å². The van der Waals surface area contributed by atoms with Gasteiger partial charge in [0.2, 0.25) is 0 Å². The highest BCUT2D eigenvalue weighted by Gasteiger charge is 2.11. The molecule has 4 nitrogen and oxygen atoms in total. The maximum Gasteiger partial charge on any atom is 0.167 e. The van der Waals surface area contributed by atoms with Crippen LogP contribution in [0.2, 0.25) is 5.02 Å². The van der Waals surface area contributed by atoms with Crippen molar-refractivity contribution in [2.75, 3.05) is 0 Å². The number of hydrogen-bond acceptors (Lipinski definition) is 4. The molecule has 0 spiro atoms. The Balaban J connectivity index is 1.64. The fourth-order valence-electron chi connectivity index (χ4n) is 2.44. The fourth-order valence-corrected chi connectivity index (χ4v) is 3.48. The van der Waals surface area contributed by atoms with E-state index in [9.17, 15) is 4.39 Å². The average Bonchev–Trinajstić information content (AvgIpc) is 3.07. The Morgan fingerprint density at radius 1 is 1.00 bits per heavy atom. The molecular formula is C18H12ClFN4S. The molecule has 2 heterocycles. The van der Waals surface area contributed by atoms with E-state index >= 15 is 0 Å². The lowest BCUT2D eigenvalue weighted by atomic mass is 10.2. The van der Waals surface area contributed by atoms with Crippen LogP contribution >= 0.6 is 23.4 Å². The van der Waals surface area contributed by atoms with Crippen LogP contribution in [0.5, 0.6) is 0 Å². The second-order valence-corrected chi connectivity index (χ2v) is 6.76. The lowest BCUT2D eigenvalue weighted by Crippen LogP contribution is -1.97. The third kappa shape index (κ3) is 3.36. The zero-order valence-corrected chi connectivity index (χ0v) is 14.5. The van der Waals surface area contributed by atoms with Gasteiger partial charge in [0.25, 0.3) is 0 Å². The largest absolute Gasteiger partial charge is 0.229 e. The maximum atomic E-state index is 13.0. The van der Waals surface area contributed by atoms with Crippen LogP contribution in [0.1, 0.15) is 5.56 Å². The molecule has 4 rings (SSSR count). The first-order chi connectivity index (χ1) is 12.2. The van der Waals surface area contributed by atoms with Gasteiger partial charge in [-0.25, -0.2) is 19.0 Å². The summed E-state index contributed by atoms with van der Waals surface area (Å²) in [5.41, 5.74) is 2.65. The van der Waals surface area contributed by atoms with Gasteiger partial charge in [0.1, 0.15) is 17.2 Å². The van der Waals surface area contributed by atoms with Gasteiger partial charge < -0.3 is 0 Å². The molecule has 0 saturated carbocycles. The normalized spacial score (nSPS) is 11.1. The third-order valence-electron chi connectivity index (χ3n) is 3.69. The van der Waals surface area contributed by atoms with E-state index in [1.165, 1.54) is 18.5 Å². The number of halogens is 2. The molecule has 0 N–H and O–H groups in total. The fraction of sp³-hybridized carbons (Fsp3) is 0.0556. The second kappa shape index (κ2) is 6.82. The first-order valence-corrected chi connectivity index (χ1v) is 8.89. The van der Waals surface area contributed by atoms with Gasteiger partial charge in [0.15, 0.2) is 5.65 Å². The Morgan fingerprint density at radius 3 is 2.52 bits per heavy atom. The zero-order chi connectivity index (χ0) is 17.2. The number of benzene rings is 2. The van der Waals surface area contributed by atoms with Gasteiger partial charge in [-0.05, 0) is 42.0 Å². The molecule has 7 heteroatoms. The van der Waals surface area contributed by atoms with Crippen molar-refractivity contribution >= 4 is 34.4 Å². The van der Waals surface area contributed by atoms with Gasteiger partial charge in [-0.2, -0.15) is 5.10 Å². The predicted octanol–water partition coefficient (Wildman–Crippen LogP) is 4.90. The van der Waals surface area contributed by atoms with Crippen molar-refractivity contribution < 1.29 is 4.39 Å². The van der Waals surface area contributed by atoms with Gasteiger partial charge in [-0.15, -0.1) is 11.8 Å². The zero-order valence-electron chi connectivity index (χ0n) is 12.9. The summed E-state index contributed by atoms with van der Waals surface area (Å²) in [6, 6.07) is 13.9. The Labute approximate surface area is 152 Å². The number of aromatic nitrogens is 4. The quantitative estimate of drug-likeness (QED) is 0.378. The number of thioether (sulfide) groups is 1. The summed E-state index contributed by atoms with van der Waals surface area (Å²) in [5, 5.41) is 6.82. The number of rotatable bonds is 4. The Hall–Kier alpha value is -2.44. The SMILES string of the molecule is Fc1ccc(CSc2ncnc3c2cnn3-c2ccc(Cl)cc2)cc1. The molecular weight excluding hydrogens is 359 g/mol. The smallest absolute Gasteiger partial charge is 0.167 e. The highest BCUT2D eigenvalue weighted by Crippen LogP contribution is 2.28. The number of nitrogens with zero attached hydrogens (tertiary/aromatic N) is 4. The summed E-state index contributed by atoms with van der Waals surface area (Å²) in [4.78, 5) is 8.72. The molecule has 0 fully saturated rings. The first kappa shape index (κ1) is 16.1. The molecule has 4 aromatic rings. The van der Waals surface area contributed by atoms with Crippen LogP contribution in [0.15, 0.2) is 66.1 Å². The standard InChI is InChI=1S/C18H12ClFN4S/c19-13-3-7-15(8-4-13)24-17-16(9-23-24)18(22-11-21-17)25-10-12-1-5-14(20)6-2-12/h1-9,11H,10H2. The summed E-state index contributed by atoms with van der Waals surface area (Å²) >= 11 is 7.52. The third-order valence-corrected chi connectivity index (χ3v) is 5.02. The van der Waals surface area contributed by atoms with Crippen LogP contribution < -0.4 is 0 Å². The van der Waals surface area contributed by atoms with E-state index in [0.29, 0.717) is 10.8 Å². The van der Waals surface area contributed by atoms with Gasteiger partial charge in [-0.3, -0.25) is 0 Å². The molecule has 2 aromatic heterocycles. The van der Waals surface area contributed by atoms with Crippen LogP contribution in [-0.4, -0.2) is 19.7 Å². The summed E-state index contributed by atoms with van der Waals surface area (Å²) in [5.74, 6) is 0.459. The molecule has 2 aromatic carbocycles. The molecule has 0 bridgehead atoms. The van der Waals surface area contributed by atoms with E-state index < -0.39 is 0 Å². The Bertz CT molecular complexity index is 1020. The summed E-state index contributed by atoms with van der Waals surface area (Å²) < 4.78 is 14.8. The Morgan fingerprint density at radius 2 is 1.76 bits per heavy atom.